The lowest BCUT2D eigenvalue weighted by Gasteiger charge is -2.11. The molecule has 1 atom stereocenters. The van der Waals surface area contributed by atoms with Crippen LogP contribution in [0.1, 0.15) is 0 Å². The molecule has 0 heterocycles. The summed E-state index contributed by atoms with van der Waals surface area (Å²) in [7, 11) is 1.79. The molecule has 0 fully saturated rings. The van der Waals surface area contributed by atoms with Crippen LogP contribution in [0.3, 0.4) is 0 Å². The second kappa shape index (κ2) is 8.10. The van der Waals surface area contributed by atoms with E-state index in [1.165, 1.54) is 0 Å². The van der Waals surface area contributed by atoms with E-state index in [0.717, 1.165) is 5.75 Å². The van der Waals surface area contributed by atoms with Crippen LogP contribution >= 0.6 is 0 Å². The predicted molar refractivity (Wildman–Crippen MR) is 62.7 cm³/mol. The summed E-state index contributed by atoms with van der Waals surface area (Å²) in [5.74, 6) is 0.835. The maximum atomic E-state index is 9.34. The fourth-order valence-electron chi connectivity index (χ4n) is 1.25. The topological polar surface area (TPSA) is 50.7 Å². The van der Waals surface area contributed by atoms with Crippen molar-refractivity contribution < 1.29 is 14.6 Å². The molecule has 1 rings (SSSR count). The molecule has 0 aromatic heterocycles. The van der Waals surface area contributed by atoms with E-state index in [1.54, 1.807) is 7.05 Å². The van der Waals surface area contributed by atoms with E-state index in [1.807, 2.05) is 30.3 Å². The van der Waals surface area contributed by atoms with Crippen molar-refractivity contribution in [1.29, 1.82) is 0 Å². The van der Waals surface area contributed by atoms with Gasteiger partial charge in [-0.05, 0) is 19.2 Å². The van der Waals surface area contributed by atoms with Gasteiger partial charge in [0.2, 0.25) is 0 Å². The number of likely N-dealkylation sites (N-methyl/N-ethyl adjacent to an activating group) is 1. The molecule has 0 radical (unpaired) electrons. The van der Waals surface area contributed by atoms with E-state index in [4.69, 9.17) is 9.47 Å². The van der Waals surface area contributed by atoms with E-state index in [0.29, 0.717) is 26.4 Å². The van der Waals surface area contributed by atoms with Crippen molar-refractivity contribution in [2.45, 2.75) is 6.10 Å². The van der Waals surface area contributed by atoms with Crippen LogP contribution in [0.15, 0.2) is 30.3 Å². The Labute approximate surface area is 96.2 Å². The number of para-hydroxylation sites is 1. The minimum absolute atomic E-state index is 0.332. The summed E-state index contributed by atoms with van der Waals surface area (Å²) in [6, 6.07) is 9.59. The van der Waals surface area contributed by atoms with Gasteiger partial charge in [-0.2, -0.15) is 0 Å². The normalized spacial score (nSPS) is 12.4. The Morgan fingerprint density at radius 2 is 2.00 bits per heavy atom. The van der Waals surface area contributed by atoms with Crippen LogP contribution < -0.4 is 10.1 Å². The summed E-state index contributed by atoms with van der Waals surface area (Å²) in [5.41, 5.74) is 0. The minimum atomic E-state index is -0.457. The highest BCUT2D eigenvalue weighted by Crippen LogP contribution is 2.07. The van der Waals surface area contributed by atoms with Crippen molar-refractivity contribution in [2.75, 3.05) is 33.4 Å². The zero-order chi connectivity index (χ0) is 11.6. The fraction of sp³-hybridized carbons (Fsp3) is 0.500. The van der Waals surface area contributed by atoms with Crippen molar-refractivity contribution in [3.63, 3.8) is 0 Å². The molecule has 0 aliphatic heterocycles. The van der Waals surface area contributed by atoms with Crippen molar-refractivity contribution in [1.82, 2.24) is 5.32 Å². The van der Waals surface area contributed by atoms with E-state index in [2.05, 4.69) is 5.32 Å². The zero-order valence-electron chi connectivity index (χ0n) is 9.56. The molecule has 0 unspecified atom stereocenters. The molecule has 0 aliphatic rings. The van der Waals surface area contributed by atoms with E-state index < -0.39 is 6.10 Å². The van der Waals surface area contributed by atoms with Crippen molar-refractivity contribution in [2.24, 2.45) is 0 Å². The molecule has 2 N–H and O–H groups in total. The molecular weight excluding hydrogens is 206 g/mol. The Hall–Kier alpha value is -1.10. The quantitative estimate of drug-likeness (QED) is 0.638. The summed E-state index contributed by atoms with van der Waals surface area (Å²) in [6.07, 6.45) is -0.457. The summed E-state index contributed by atoms with van der Waals surface area (Å²) in [5, 5.41) is 12.2. The first-order chi connectivity index (χ1) is 7.83. The molecule has 4 nitrogen and oxygen atoms in total. The predicted octanol–water partition coefficient (Wildman–Crippen LogP) is 0.662. The van der Waals surface area contributed by atoms with Crippen LogP contribution in [0, 0.1) is 0 Å². The van der Waals surface area contributed by atoms with Gasteiger partial charge in [0.05, 0.1) is 19.3 Å². The number of aliphatic hydroxyl groups excluding tert-OH is 1. The average Bonchev–Trinajstić information content (AvgIpc) is 2.30. The van der Waals surface area contributed by atoms with Gasteiger partial charge >= 0.3 is 0 Å². The monoisotopic (exact) mass is 225 g/mol. The largest absolute Gasteiger partial charge is 0.491 e. The lowest BCUT2D eigenvalue weighted by Crippen LogP contribution is -2.28. The molecule has 0 saturated heterocycles. The van der Waals surface area contributed by atoms with Crippen LogP contribution in [0.2, 0.25) is 0 Å². The van der Waals surface area contributed by atoms with Crippen molar-refractivity contribution in [3.8, 4) is 5.75 Å². The molecule has 4 heteroatoms. The van der Waals surface area contributed by atoms with Gasteiger partial charge in [-0.1, -0.05) is 18.2 Å². The second-order valence-corrected chi connectivity index (χ2v) is 3.45. The van der Waals surface area contributed by atoms with Gasteiger partial charge in [0.25, 0.3) is 0 Å². The Morgan fingerprint density at radius 3 is 2.69 bits per heavy atom. The van der Waals surface area contributed by atoms with Crippen LogP contribution in [-0.2, 0) is 4.74 Å². The highest BCUT2D eigenvalue weighted by molar-refractivity contribution is 5.20. The van der Waals surface area contributed by atoms with Crippen LogP contribution in [0.25, 0.3) is 0 Å². The summed E-state index contributed by atoms with van der Waals surface area (Å²) in [6.45, 7) is 1.85. The highest BCUT2D eigenvalue weighted by Gasteiger charge is 2.01. The third kappa shape index (κ3) is 5.70. The van der Waals surface area contributed by atoms with Gasteiger partial charge in [-0.3, -0.25) is 0 Å². The van der Waals surface area contributed by atoms with E-state index in [-0.39, 0.29) is 0 Å². The number of ether oxygens (including phenoxy) is 2. The van der Waals surface area contributed by atoms with Gasteiger partial charge in [-0.15, -0.1) is 0 Å². The molecular formula is C12H19NO3. The molecule has 90 valence electrons. The Bertz CT molecular complexity index is 266. The standard InChI is InChI=1S/C12H19NO3/c1-13-9-11(14)10-15-7-8-16-12-5-3-2-4-6-12/h2-6,11,13-14H,7-10H2,1H3/t11-/m0/s1. The third-order valence-electron chi connectivity index (χ3n) is 1.99. The second-order valence-electron chi connectivity index (χ2n) is 3.45. The van der Waals surface area contributed by atoms with Gasteiger partial charge in [0.15, 0.2) is 0 Å². The van der Waals surface area contributed by atoms with E-state index in [9.17, 15) is 5.11 Å². The maximum Gasteiger partial charge on any atom is 0.119 e. The SMILES string of the molecule is CNC[C@H](O)COCCOc1ccccc1. The highest BCUT2D eigenvalue weighted by atomic mass is 16.5. The number of rotatable bonds is 8. The van der Waals surface area contributed by atoms with Gasteiger partial charge in [0, 0.05) is 6.54 Å². The van der Waals surface area contributed by atoms with Crippen LogP contribution in [-0.4, -0.2) is 44.6 Å². The first-order valence-corrected chi connectivity index (χ1v) is 5.41. The van der Waals surface area contributed by atoms with Crippen LogP contribution in [0.4, 0.5) is 0 Å². The number of hydrogen-bond donors (Lipinski definition) is 2. The molecule has 1 aromatic carbocycles. The van der Waals surface area contributed by atoms with Gasteiger partial charge in [-0.25, -0.2) is 0 Å². The molecule has 0 bridgehead atoms. The molecule has 0 aliphatic carbocycles. The Balaban J connectivity index is 2.00. The number of nitrogens with one attached hydrogen (secondary N) is 1. The zero-order valence-corrected chi connectivity index (χ0v) is 9.56. The molecule has 0 amide bonds. The number of benzene rings is 1. The van der Waals surface area contributed by atoms with Crippen molar-refractivity contribution in [3.05, 3.63) is 30.3 Å². The minimum Gasteiger partial charge on any atom is -0.491 e. The molecule has 0 spiro atoms. The molecule has 0 saturated carbocycles. The van der Waals surface area contributed by atoms with Crippen LogP contribution in [0.5, 0.6) is 5.75 Å². The van der Waals surface area contributed by atoms with Gasteiger partial charge in [0.1, 0.15) is 12.4 Å². The third-order valence-corrected chi connectivity index (χ3v) is 1.99. The number of aliphatic hydroxyl groups is 1. The summed E-state index contributed by atoms with van der Waals surface area (Å²) >= 11 is 0. The first kappa shape index (κ1) is 13.0. The number of hydrogen-bond acceptors (Lipinski definition) is 4. The smallest absolute Gasteiger partial charge is 0.119 e. The summed E-state index contributed by atoms with van der Waals surface area (Å²) in [4.78, 5) is 0. The molecule has 1 aromatic rings. The Kier molecular flexibility index (Phi) is 6.56. The van der Waals surface area contributed by atoms with Crippen molar-refractivity contribution >= 4 is 0 Å². The lowest BCUT2D eigenvalue weighted by molar-refractivity contribution is 0.0259. The summed E-state index contributed by atoms with van der Waals surface area (Å²) < 4.78 is 10.7. The maximum absolute atomic E-state index is 9.34. The lowest BCUT2D eigenvalue weighted by atomic mass is 10.3. The van der Waals surface area contributed by atoms with E-state index >= 15 is 0 Å². The average molecular weight is 225 g/mol. The van der Waals surface area contributed by atoms with Gasteiger partial charge < -0.3 is 19.9 Å². The first-order valence-electron chi connectivity index (χ1n) is 5.41. The molecule has 16 heavy (non-hydrogen) atoms. The Morgan fingerprint density at radius 1 is 1.25 bits per heavy atom. The fourth-order valence-corrected chi connectivity index (χ4v) is 1.25.